The van der Waals surface area contributed by atoms with Gasteiger partial charge in [-0.25, -0.2) is 9.59 Å². The van der Waals surface area contributed by atoms with Crippen LogP contribution in [-0.2, 0) is 83.3 Å². The first-order valence-electron chi connectivity index (χ1n) is 23.3. The number of nitrogens with zero attached hydrogens (tertiary/aromatic N) is 3. The van der Waals surface area contributed by atoms with Gasteiger partial charge in [-0.05, 0) is 47.6 Å². The van der Waals surface area contributed by atoms with E-state index in [1.807, 2.05) is 142 Å². The van der Waals surface area contributed by atoms with E-state index in [0.717, 1.165) is 22.3 Å². The summed E-state index contributed by atoms with van der Waals surface area (Å²) in [5.41, 5.74) is 13.7. The number of azide groups is 1. The number of ether oxygens (including phenoxy) is 11. The molecule has 0 spiro atoms. The zero-order chi connectivity index (χ0) is 47.4. The van der Waals surface area contributed by atoms with E-state index in [4.69, 9.17) is 52.1 Å². The molecule has 0 saturated carbocycles. The number of alkyl carbamates (subject to hydrolysis) is 1. The highest BCUT2D eigenvalue weighted by Gasteiger charge is 2.58. The van der Waals surface area contributed by atoms with Crippen molar-refractivity contribution >= 4 is 12.1 Å². The number of hydrogen-bond donors (Lipinski definition) is 1. The summed E-state index contributed by atoms with van der Waals surface area (Å²) in [4.78, 5) is 30.2. The fraction of sp³-hybridized carbons (Fsp3) is 0.490. The van der Waals surface area contributed by atoms with Crippen molar-refractivity contribution in [2.75, 3.05) is 7.11 Å². The Kier molecular flexibility index (Phi) is 17.1. The van der Waals surface area contributed by atoms with Crippen molar-refractivity contribution in [1.82, 2.24) is 5.32 Å². The fourth-order valence-electron chi connectivity index (χ4n) is 9.27. The molecule has 17 heteroatoms. The molecule has 15 atom stereocenters. The van der Waals surface area contributed by atoms with Gasteiger partial charge in [-0.1, -0.05) is 140 Å². The molecule has 0 aliphatic carbocycles. The summed E-state index contributed by atoms with van der Waals surface area (Å²) in [7, 11) is 1.24. The van der Waals surface area contributed by atoms with Gasteiger partial charge in [0.05, 0.1) is 57.9 Å². The zero-order valence-electron chi connectivity index (χ0n) is 38.6. The summed E-state index contributed by atoms with van der Waals surface area (Å²) in [5.74, 6) is -0.810. The van der Waals surface area contributed by atoms with Crippen LogP contribution in [0.15, 0.2) is 126 Å². The first kappa shape index (κ1) is 49.0. The molecular weight excluding hydrogens is 877 g/mol. The molecule has 362 valence electrons. The van der Waals surface area contributed by atoms with Crippen LogP contribution in [0.2, 0.25) is 0 Å². The molecule has 68 heavy (non-hydrogen) atoms. The van der Waals surface area contributed by atoms with Crippen LogP contribution in [0.5, 0.6) is 0 Å². The maximum atomic E-state index is 14.2. The summed E-state index contributed by atoms with van der Waals surface area (Å²) in [6, 6.07) is 36.7. The highest BCUT2D eigenvalue weighted by atomic mass is 16.8. The van der Waals surface area contributed by atoms with Gasteiger partial charge in [0.2, 0.25) is 0 Å². The van der Waals surface area contributed by atoms with Crippen LogP contribution >= 0.6 is 0 Å². The number of nitrogens with one attached hydrogen (secondary N) is 1. The molecule has 0 aromatic heterocycles. The molecule has 4 heterocycles. The van der Waals surface area contributed by atoms with Crippen LogP contribution in [0.25, 0.3) is 10.4 Å². The molecule has 4 saturated heterocycles. The minimum atomic E-state index is -1.53. The van der Waals surface area contributed by atoms with Crippen molar-refractivity contribution in [3.05, 3.63) is 154 Å². The lowest BCUT2D eigenvalue weighted by molar-refractivity contribution is -0.365. The number of carbonyl (C=O) groups is 2. The average molecular weight is 937 g/mol. The van der Waals surface area contributed by atoms with Crippen LogP contribution in [0.3, 0.4) is 0 Å². The van der Waals surface area contributed by atoms with E-state index < -0.39 is 97.8 Å². The Hall–Kier alpha value is -5.43. The number of rotatable bonds is 20. The third-order valence-electron chi connectivity index (χ3n) is 12.7. The second-order valence-corrected chi connectivity index (χ2v) is 17.2. The Balaban J connectivity index is 1.18. The van der Waals surface area contributed by atoms with Gasteiger partial charge in [0.1, 0.15) is 42.7 Å². The number of methoxy groups -OCH3 is 1. The summed E-state index contributed by atoms with van der Waals surface area (Å²) >= 11 is 0. The molecule has 1 N–H and O–H groups in total. The molecule has 8 rings (SSSR count). The fourth-order valence-corrected chi connectivity index (χ4v) is 9.27. The van der Waals surface area contributed by atoms with E-state index in [9.17, 15) is 15.1 Å². The summed E-state index contributed by atoms with van der Waals surface area (Å²) in [5, 5.41) is 7.12. The average Bonchev–Trinajstić information content (AvgIpc) is 3.78. The van der Waals surface area contributed by atoms with E-state index in [1.165, 1.54) is 7.11 Å². The van der Waals surface area contributed by atoms with E-state index in [1.54, 1.807) is 0 Å². The molecule has 0 radical (unpaired) electrons. The Morgan fingerprint density at radius 3 is 1.59 bits per heavy atom. The Bertz CT molecular complexity index is 2240. The number of amides is 1. The number of esters is 1. The topological polar surface area (TPSA) is 196 Å². The van der Waals surface area contributed by atoms with Gasteiger partial charge in [0.25, 0.3) is 0 Å². The molecule has 0 bridgehead atoms. The second-order valence-electron chi connectivity index (χ2n) is 17.2. The highest BCUT2D eigenvalue weighted by molar-refractivity contribution is 5.75. The van der Waals surface area contributed by atoms with Gasteiger partial charge in [0, 0.05) is 4.91 Å². The summed E-state index contributed by atoms with van der Waals surface area (Å²) in [6.45, 7) is 6.26. The molecular formula is C51H60N4O13. The van der Waals surface area contributed by atoms with Crippen LogP contribution in [0.1, 0.15) is 55.9 Å². The van der Waals surface area contributed by atoms with Gasteiger partial charge < -0.3 is 57.4 Å². The Labute approximate surface area is 396 Å². The third-order valence-corrected chi connectivity index (χ3v) is 12.7. The van der Waals surface area contributed by atoms with E-state index in [2.05, 4.69) is 15.3 Å². The molecule has 1 amide bonds. The van der Waals surface area contributed by atoms with Crippen molar-refractivity contribution in [2.45, 2.75) is 152 Å². The predicted molar refractivity (Wildman–Crippen MR) is 244 cm³/mol. The van der Waals surface area contributed by atoms with Crippen molar-refractivity contribution in [3.63, 3.8) is 0 Å². The smallest absolute Gasteiger partial charge is 0.408 e. The highest BCUT2D eigenvalue weighted by Crippen LogP contribution is 2.39. The van der Waals surface area contributed by atoms with Gasteiger partial charge >= 0.3 is 12.1 Å². The molecule has 4 fully saturated rings. The minimum absolute atomic E-state index is 0.0478. The standard InChI is InChI=1S/C51H60N4O13/c1-5-36-40(59-27-32-19-11-7-12-20-32)42(60-28-33-21-13-8-14-22-33)39(54-55-52)49(64-36)66-45-44(61-29-34-23-15-9-16-24-34)47(62-30-35-25-17-10-18-26-35)50(67-46(45)48(56)58-4)65-41-37(6-2)63-31(3)38-43(41)68-51(57)53-38/h7-26,31,36-47,49-50H,5-6,27-30H2,1-4H3,(H,53,57)/t31-,36?,37?,38-,39?,40-,41-,42+,43?,44-,45+,46?,47?,49-,50+/m0/s1. The van der Waals surface area contributed by atoms with Crippen LogP contribution in [0.4, 0.5) is 4.79 Å². The quantitative estimate of drug-likeness (QED) is 0.0397. The molecule has 17 nitrogen and oxygen atoms in total. The molecule has 6 unspecified atom stereocenters. The maximum absolute atomic E-state index is 14.2. The van der Waals surface area contributed by atoms with E-state index in [0.29, 0.717) is 12.8 Å². The number of hydrogen-bond acceptors (Lipinski definition) is 14. The maximum Gasteiger partial charge on any atom is 0.408 e. The minimum Gasteiger partial charge on any atom is -0.467 e. The third kappa shape index (κ3) is 11.7. The second kappa shape index (κ2) is 23.7. The monoisotopic (exact) mass is 936 g/mol. The van der Waals surface area contributed by atoms with Crippen molar-refractivity contribution in [3.8, 4) is 0 Å². The van der Waals surface area contributed by atoms with Crippen molar-refractivity contribution < 1.29 is 61.7 Å². The van der Waals surface area contributed by atoms with E-state index in [-0.39, 0.29) is 32.5 Å². The van der Waals surface area contributed by atoms with E-state index >= 15 is 0 Å². The van der Waals surface area contributed by atoms with Gasteiger partial charge in [-0.15, -0.1) is 0 Å². The first-order chi connectivity index (χ1) is 33.3. The largest absolute Gasteiger partial charge is 0.467 e. The predicted octanol–water partition coefficient (Wildman–Crippen LogP) is 7.48. The molecule has 4 aromatic carbocycles. The van der Waals surface area contributed by atoms with Gasteiger partial charge in [-0.2, -0.15) is 0 Å². The van der Waals surface area contributed by atoms with Gasteiger partial charge in [0.15, 0.2) is 24.8 Å². The molecule has 4 aliphatic heterocycles. The Morgan fingerprint density at radius 1 is 0.618 bits per heavy atom. The van der Waals surface area contributed by atoms with Crippen LogP contribution < -0.4 is 5.32 Å². The number of benzene rings is 4. The number of fused-ring (bicyclic) bond motifs is 1. The summed E-state index contributed by atoms with van der Waals surface area (Å²) in [6.07, 6.45) is -12.3. The summed E-state index contributed by atoms with van der Waals surface area (Å²) < 4.78 is 72.0. The number of carbonyl (C=O) groups excluding carboxylic acids is 2. The normalized spacial score (nSPS) is 32.2. The lowest BCUT2D eigenvalue weighted by Gasteiger charge is -2.50. The van der Waals surface area contributed by atoms with Crippen molar-refractivity contribution in [1.29, 1.82) is 0 Å². The van der Waals surface area contributed by atoms with Crippen molar-refractivity contribution in [2.24, 2.45) is 5.11 Å². The van der Waals surface area contributed by atoms with Crippen LogP contribution in [-0.4, -0.2) is 111 Å². The lowest BCUT2D eigenvalue weighted by Crippen LogP contribution is -2.67. The molecule has 4 aromatic rings. The van der Waals surface area contributed by atoms with Crippen LogP contribution in [0, 0.1) is 0 Å². The molecule has 4 aliphatic rings. The zero-order valence-corrected chi connectivity index (χ0v) is 38.6. The SMILES string of the molecule is CCC1O[C@@H](C)[C@@H]2NC(=O)OC2[C@H]1O[C@@H]1OC(C(=O)OC)[C@H](O[C@@H]2OC(CC)[C@H](OCc3ccccc3)[C@H](OCc3ccccc3)C2N=[N+]=[N-])[C@H](OCc2ccccc2)C1OCc1ccccc1. The first-order valence-corrected chi connectivity index (χ1v) is 23.3. The lowest BCUT2D eigenvalue weighted by atomic mass is 9.92. The van der Waals surface area contributed by atoms with Gasteiger partial charge in [-0.3, -0.25) is 0 Å². The Morgan fingerprint density at radius 2 is 1.09 bits per heavy atom.